The summed E-state index contributed by atoms with van der Waals surface area (Å²) in [5.41, 5.74) is 0. The lowest BCUT2D eigenvalue weighted by Gasteiger charge is -2.25. The summed E-state index contributed by atoms with van der Waals surface area (Å²) in [7, 11) is 0. The highest BCUT2D eigenvalue weighted by atomic mass is 35.5. The second-order valence-electron chi connectivity index (χ2n) is 3.02. The van der Waals surface area contributed by atoms with E-state index in [1.807, 2.05) is 6.07 Å². The van der Waals surface area contributed by atoms with E-state index in [1.165, 1.54) is 30.6 Å². The Morgan fingerprint density at radius 3 is 2.85 bits per heavy atom. The molecule has 1 N–H and O–H groups in total. The molecule has 3 nitrogen and oxygen atoms in total. The molecule has 0 amide bonds. The molecule has 5 heteroatoms. The van der Waals surface area contributed by atoms with Gasteiger partial charge in [0.15, 0.2) is 10.3 Å². The van der Waals surface area contributed by atoms with Gasteiger partial charge in [0.1, 0.15) is 10.9 Å². The van der Waals surface area contributed by atoms with Gasteiger partial charge in [-0.25, -0.2) is 4.98 Å². The maximum Gasteiger partial charge on any atom is 0.185 e. The predicted octanol–water partition coefficient (Wildman–Crippen LogP) is 2.63. The van der Waals surface area contributed by atoms with Crippen molar-refractivity contribution in [3.8, 4) is 6.07 Å². The lowest BCUT2D eigenvalue weighted by Crippen LogP contribution is -2.26. The van der Waals surface area contributed by atoms with Gasteiger partial charge in [-0.05, 0) is 19.3 Å². The van der Waals surface area contributed by atoms with Gasteiger partial charge in [-0.1, -0.05) is 22.9 Å². The number of aromatic nitrogens is 1. The molecule has 0 unspecified atom stereocenters. The van der Waals surface area contributed by atoms with Crippen molar-refractivity contribution in [2.75, 3.05) is 5.32 Å². The molecule has 0 bridgehead atoms. The maximum absolute atomic E-state index is 8.65. The van der Waals surface area contributed by atoms with Crippen LogP contribution < -0.4 is 5.32 Å². The lowest BCUT2D eigenvalue weighted by atomic mass is 9.93. The van der Waals surface area contributed by atoms with Crippen molar-refractivity contribution < 1.29 is 0 Å². The van der Waals surface area contributed by atoms with Crippen LogP contribution in [-0.4, -0.2) is 11.0 Å². The minimum atomic E-state index is 0.314. The average Bonchev–Trinajstić information content (AvgIpc) is 2.39. The summed E-state index contributed by atoms with van der Waals surface area (Å²) >= 11 is 7.05. The first-order valence-electron chi connectivity index (χ1n) is 4.12. The van der Waals surface area contributed by atoms with Crippen molar-refractivity contribution in [3.63, 3.8) is 0 Å². The number of nitriles is 1. The third kappa shape index (κ3) is 1.77. The number of thiazole rings is 1. The number of halogens is 1. The summed E-state index contributed by atoms with van der Waals surface area (Å²) in [5.74, 6) is 0. The topological polar surface area (TPSA) is 48.7 Å². The first kappa shape index (κ1) is 8.79. The SMILES string of the molecule is N#Cc1sc(NC2CCC2)nc1Cl. The van der Waals surface area contributed by atoms with Crippen molar-refractivity contribution in [1.29, 1.82) is 5.26 Å². The van der Waals surface area contributed by atoms with Crippen LogP contribution in [0.25, 0.3) is 0 Å². The number of nitrogens with one attached hydrogen (secondary N) is 1. The first-order valence-corrected chi connectivity index (χ1v) is 5.32. The van der Waals surface area contributed by atoms with Crippen LogP contribution in [0.5, 0.6) is 0 Å². The largest absolute Gasteiger partial charge is 0.359 e. The summed E-state index contributed by atoms with van der Waals surface area (Å²) in [5, 5.41) is 13.0. The zero-order valence-electron chi connectivity index (χ0n) is 6.88. The van der Waals surface area contributed by atoms with Gasteiger partial charge < -0.3 is 5.32 Å². The molecule has 1 aromatic heterocycles. The molecule has 68 valence electrons. The lowest BCUT2D eigenvalue weighted by molar-refractivity contribution is 0.445. The van der Waals surface area contributed by atoms with E-state index in [4.69, 9.17) is 16.9 Å². The Kier molecular flexibility index (Phi) is 2.38. The van der Waals surface area contributed by atoms with Crippen LogP contribution in [-0.2, 0) is 0 Å². The van der Waals surface area contributed by atoms with Crippen LogP contribution >= 0.6 is 22.9 Å². The van der Waals surface area contributed by atoms with Gasteiger partial charge in [-0.2, -0.15) is 5.26 Å². The number of anilines is 1. The van der Waals surface area contributed by atoms with E-state index in [9.17, 15) is 0 Å². The molecule has 1 aliphatic carbocycles. The fraction of sp³-hybridized carbons (Fsp3) is 0.500. The normalized spacial score (nSPS) is 16.3. The number of hydrogen-bond acceptors (Lipinski definition) is 4. The Morgan fingerprint density at radius 2 is 2.38 bits per heavy atom. The third-order valence-corrected chi connectivity index (χ3v) is 3.40. The molecular formula is C8H8ClN3S. The molecule has 0 saturated heterocycles. The summed E-state index contributed by atoms with van der Waals surface area (Å²) in [6.07, 6.45) is 3.67. The van der Waals surface area contributed by atoms with E-state index in [2.05, 4.69) is 10.3 Å². The van der Waals surface area contributed by atoms with Gasteiger partial charge in [-0.3, -0.25) is 0 Å². The highest BCUT2D eigenvalue weighted by molar-refractivity contribution is 7.16. The van der Waals surface area contributed by atoms with E-state index in [0.717, 1.165) is 5.13 Å². The summed E-state index contributed by atoms with van der Waals surface area (Å²) in [4.78, 5) is 4.54. The Balaban J connectivity index is 2.08. The molecule has 0 radical (unpaired) electrons. The summed E-state index contributed by atoms with van der Waals surface area (Å²) in [6, 6.07) is 2.54. The van der Waals surface area contributed by atoms with Gasteiger partial charge in [-0.15, -0.1) is 0 Å². The van der Waals surface area contributed by atoms with E-state index >= 15 is 0 Å². The number of nitrogens with zero attached hydrogens (tertiary/aromatic N) is 2. The highest BCUT2D eigenvalue weighted by Crippen LogP contribution is 2.29. The van der Waals surface area contributed by atoms with Crippen LogP contribution in [0, 0.1) is 11.3 Å². The molecule has 0 aromatic carbocycles. The van der Waals surface area contributed by atoms with E-state index in [1.54, 1.807) is 0 Å². The van der Waals surface area contributed by atoms with E-state index in [-0.39, 0.29) is 0 Å². The third-order valence-electron chi connectivity index (χ3n) is 2.12. The smallest absolute Gasteiger partial charge is 0.185 e. The highest BCUT2D eigenvalue weighted by Gasteiger charge is 2.19. The first-order chi connectivity index (χ1) is 6.29. The van der Waals surface area contributed by atoms with Crippen molar-refractivity contribution in [2.24, 2.45) is 0 Å². The molecule has 1 aliphatic rings. The zero-order chi connectivity index (χ0) is 9.26. The molecule has 0 atom stereocenters. The quantitative estimate of drug-likeness (QED) is 0.822. The molecule has 0 aliphatic heterocycles. The van der Waals surface area contributed by atoms with Crippen LogP contribution in [0.4, 0.5) is 5.13 Å². The van der Waals surface area contributed by atoms with Crippen LogP contribution in [0.1, 0.15) is 24.1 Å². The molecule has 1 saturated carbocycles. The summed E-state index contributed by atoms with van der Waals surface area (Å²) < 4.78 is 0. The van der Waals surface area contributed by atoms with Crippen LogP contribution in [0.3, 0.4) is 0 Å². The number of rotatable bonds is 2. The van der Waals surface area contributed by atoms with Crippen molar-refractivity contribution in [3.05, 3.63) is 10.0 Å². The van der Waals surface area contributed by atoms with Gasteiger partial charge in [0, 0.05) is 6.04 Å². The fourth-order valence-electron chi connectivity index (χ4n) is 1.16. The van der Waals surface area contributed by atoms with Gasteiger partial charge in [0.2, 0.25) is 0 Å². The van der Waals surface area contributed by atoms with Crippen LogP contribution in [0.15, 0.2) is 0 Å². The zero-order valence-corrected chi connectivity index (χ0v) is 8.45. The van der Waals surface area contributed by atoms with Gasteiger partial charge >= 0.3 is 0 Å². The molecule has 1 heterocycles. The molecule has 1 aromatic rings. The molecule has 1 fully saturated rings. The van der Waals surface area contributed by atoms with E-state index < -0.39 is 0 Å². The van der Waals surface area contributed by atoms with Crippen LogP contribution in [0.2, 0.25) is 5.15 Å². The van der Waals surface area contributed by atoms with Crippen molar-refractivity contribution in [2.45, 2.75) is 25.3 Å². The Hall–Kier alpha value is -0.790. The van der Waals surface area contributed by atoms with Gasteiger partial charge in [0.25, 0.3) is 0 Å². The molecule has 13 heavy (non-hydrogen) atoms. The summed E-state index contributed by atoms with van der Waals surface area (Å²) in [6.45, 7) is 0. The number of hydrogen-bond donors (Lipinski definition) is 1. The fourth-order valence-corrected chi connectivity index (χ4v) is 2.18. The Labute approximate surface area is 85.4 Å². The monoisotopic (exact) mass is 213 g/mol. The average molecular weight is 214 g/mol. The minimum absolute atomic E-state index is 0.314. The van der Waals surface area contributed by atoms with E-state index in [0.29, 0.717) is 16.1 Å². The Morgan fingerprint density at radius 1 is 1.62 bits per heavy atom. The molecular weight excluding hydrogens is 206 g/mol. The second-order valence-corrected chi connectivity index (χ2v) is 4.38. The molecule has 0 spiro atoms. The van der Waals surface area contributed by atoms with Crippen molar-refractivity contribution >= 4 is 28.1 Å². The predicted molar refractivity (Wildman–Crippen MR) is 53.1 cm³/mol. The van der Waals surface area contributed by atoms with Crippen molar-refractivity contribution in [1.82, 2.24) is 4.98 Å². The van der Waals surface area contributed by atoms with Gasteiger partial charge in [0.05, 0.1) is 0 Å². The maximum atomic E-state index is 8.65. The second kappa shape index (κ2) is 3.52. The Bertz CT molecular complexity index is 351. The standard InChI is InChI=1S/C8H8ClN3S/c9-7-6(4-10)13-8(12-7)11-5-2-1-3-5/h5H,1-3H2,(H,11,12). The minimum Gasteiger partial charge on any atom is -0.359 e. The molecule has 2 rings (SSSR count).